The number of carbonyl (C=O) groups excluding carboxylic acids is 3. The van der Waals surface area contributed by atoms with Gasteiger partial charge in [-0.2, -0.15) is 0 Å². The van der Waals surface area contributed by atoms with E-state index in [4.69, 9.17) is 61.9 Å². The molecule has 668 valence electrons. The summed E-state index contributed by atoms with van der Waals surface area (Å²) in [6.45, 7) is 6.18. The molecule has 0 radical (unpaired) electrons. The van der Waals surface area contributed by atoms with Crippen molar-refractivity contribution in [1.82, 2.24) is 14.0 Å². The van der Waals surface area contributed by atoms with Gasteiger partial charge in [-0.3, -0.25) is 0 Å². The van der Waals surface area contributed by atoms with Crippen molar-refractivity contribution in [2.75, 3.05) is 199 Å². The first-order chi connectivity index (χ1) is 59.1. The Balaban J connectivity index is 0.000000268. The highest BCUT2D eigenvalue weighted by Gasteiger charge is 2.30. The molecule has 9 rings (SSSR count). The number of aliphatic carboxylic acids is 3. The highest BCUT2D eigenvalue weighted by atomic mass is 16.5. The molecular weight excluding hydrogens is 1600 g/mol. The number of hydrogen-bond acceptors (Lipinski definition) is 31. The van der Waals surface area contributed by atoms with Crippen molar-refractivity contribution in [2.45, 2.75) is 58.5 Å². The number of ether oxygens (including phenoxy) is 12. The highest BCUT2D eigenvalue weighted by Crippen LogP contribution is 2.43. The monoisotopic (exact) mass is 1720 g/mol. The molecule has 6 aromatic carbocycles. The molecule has 37 heteroatoms. The lowest BCUT2D eigenvalue weighted by molar-refractivity contribution is -0.685. The summed E-state index contributed by atoms with van der Waals surface area (Å²) in [6.07, 6.45) is 21.3. The van der Waals surface area contributed by atoms with E-state index in [0.717, 1.165) is 104 Å². The minimum absolute atomic E-state index is 0.708. The predicted molar refractivity (Wildman–Crippen MR) is 472 cm³/mol. The number of carboxylic acids is 3. The second-order valence-electron chi connectivity index (χ2n) is 28.2. The molecule has 0 unspecified atom stereocenters. The van der Waals surface area contributed by atoms with Crippen LogP contribution < -0.4 is 116 Å². The predicted octanol–water partition coefficient (Wildman–Crippen LogP) is 4.55. The zero-order valence-electron chi connectivity index (χ0n) is 75.7. The van der Waals surface area contributed by atoms with E-state index in [1.165, 1.54) is 0 Å². The number of methoxy groups -OCH3 is 12. The van der Waals surface area contributed by atoms with Crippen LogP contribution in [0.4, 0.5) is 34.1 Å². The molecule has 0 bridgehead atoms. The highest BCUT2D eigenvalue weighted by molar-refractivity contribution is 5.90. The van der Waals surface area contributed by atoms with Gasteiger partial charge in [-0.1, -0.05) is 51.4 Å². The van der Waals surface area contributed by atoms with Crippen LogP contribution in [-0.4, -0.2) is 250 Å². The Labute approximate surface area is 724 Å². The van der Waals surface area contributed by atoms with Crippen LogP contribution in [0.15, 0.2) is 141 Å². The summed E-state index contributed by atoms with van der Waals surface area (Å²) in [4.78, 5) is 41.7. The van der Waals surface area contributed by atoms with Crippen LogP contribution in [0.3, 0.4) is 0 Å². The van der Waals surface area contributed by atoms with Crippen molar-refractivity contribution in [3.63, 3.8) is 0 Å². The van der Waals surface area contributed by atoms with Gasteiger partial charge in [-0.05, 0) is 72.8 Å². The van der Waals surface area contributed by atoms with Crippen LogP contribution in [0.1, 0.15) is 84.5 Å². The molecule has 0 atom stereocenters. The number of rotatable bonds is 38. The van der Waals surface area contributed by atoms with Gasteiger partial charge in [0, 0.05) is 143 Å². The Morgan fingerprint density at radius 2 is 0.484 bits per heavy atom. The molecule has 0 amide bonds. The van der Waals surface area contributed by atoms with Gasteiger partial charge < -0.3 is 121 Å². The van der Waals surface area contributed by atoms with Crippen molar-refractivity contribution < 1.29 is 106 Å². The minimum atomic E-state index is -2.97. The number of carbonyl (C=O) groups is 3. The lowest BCUT2D eigenvalue weighted by Crippen LogP contribution is -2.54. The van der Waals surface area contributed by atoms with Crippen molar-refractivity contribution in [1.29, 1.82) is 0 Å². The maximum absolute atomic E-state index is 10.1. The number of aromatic nitrogens is 6. The third-order valence-corrected chi connectivity index (χ3v) is 18.5. The minimum Gasteiger partial charge on any atom is -0.550 e. The molecule has 0 saturated carbocycles. The van der Waals surface area contributed by atoms with E-state index >= 15 is 0 Å². The second kappa shape index (κ2) is 46.5. The van der Waals surface area contributed by atoms with Crippen LogP contribution in [0.2, 0.25) is 0 Å². The van der Waals surface area contributed by atoms with E-state index < -0.39 is 36.4 Å². The second-order valence-corrected chi connectivity index (χ2v) is 28.2. The summed E-state index contributed by atoms with van der Waals surface area (Å²) < 4.78 is 77.8. The molecule has 1 N–H and O–H groups in total. The number of benzene rings is 6. The normalized spacial score (nSPS) is 11.2. The van der Waals surface area contributed by atoms with Gasteiger partial charge in [0.15, 0.2) is 37.2 Å². The average Bonchev–Trinajstić information content (AvgIpc) is 1.23. The third kappa shape index (κ3) is 25.2. The van der Waals surface area contributed by atoms with Crippen molar-refractivity contribution in [3.8, 4) is 69.0 Å². The van der Waals surface area contributed by atoms with Gasteiger partial charge in [-0.15, -0.1) is 28.1 Å². The molecule has 3 heterocycles. The first-order valence-electron chi connectivity index (χ1n) is 38.7. The van der Waals surface area contributed by atoms with Gasteiger partial charge >= 0.3 is 17.5 Å². The Hall–Kier alpha value is -14.3. The van der Waals surface area contributed by atoms with Crippen molar-refractivity contribution in [3.05, 3.63) is 161 Å². The molecule has 37 nitrogen and oxygen atoms in total. The van der Waals surface area contributed by atoms with E-state index in [9.17, 15) is 29.7 Å². The third-order valence-electron chi connectivity index (χ3n) is 18.5. The van der Waals surface area contributed by atoms with Gasteiger partial charge in [-0.25, -0.2) is 0 Å². The lowest BCUT2D eigenvalue weighted by atomic mass is 9.96. The molecule has 124 heavy (non-hydrogen) atoms. The Morgan fingerprint density at radius 3 is 0.613 bits per heavy atom. The number of anilines is 6. The number of nitrogens with zero attached hydrogens (tertiary/aromatic N) is 18. The van der Waals surface area contributed by atoms with E-state index in [-0.39, 0.29) is 0 Å². The smallest absolute Gasteiger partial charge is 0.307 e. The van der Waals surface area contributed by atoms with Gasteiger partial charge in [0.1, 0.15) is 109 Å². The fourth-order valence-electron chi connectivity index (χ4n) is 12.8. The largest absolute Gasteiger partial charge is 0.550 e. The lowest BCUT2D eigenvalue weighted by Gasteiger charge is -2.29. The van der Waals surface area contributed by atoms with Gasteiger partial charge in [0.2, 0.25) is 0 Å². The molecule has 0 fully saturated rings. The SMILES string of the molecule is CCc1n(/N=C/c2cc(OC)c(N(C)C)c(OC)c2)cc[n+]1/N=C/c1cc(OC)c(N(C)C)c(OC)c1.CCc1n(/N=C/c2cc(OC)c(N(C)C)c(OC)c2)cc[n+]1/N=C/c1cc(OC)c(N(C)C)c(OC)c1.CCc1n(/N=C/c2cc(OC)c(N(C)C)c(OC)c2)cc[n+]1/N=C/c1cc(OC)c(N(C)C)c(OC)c1.O=C([O-])CC(O)(CC(=O)[O-])C(=O)[O-]. The van der Waals surface area contributed by atoms with E-state index in [1.807, 2.05) is 224 Å². The fraction of sp³-hybridized carbons (Fsp3) is 0.379. The Bertz CT molecular complexity index is 4370. The van der Waals surface area contributed by atoms with E-state index in [1.54, 1.807) is 151 Å². The summed E-state index contributed by atoms with van der Waals surface area (Å²) in [7, 11) is 43.1. The first kappa shape index (κ1) is 98.6. The Kier molecular flexibility index (Phi) is 37.0. The summed E-state index contributed by atoms with van der Waals surface area (Å²) in [5.74, 6) is 5.22. The van der Waals surface area contributed by atoms with Crippen LogP contribution in [0.25, 0.3) is 0 Å². The molecule has 0 aliphatic heterocycles. The Morgan fingerprint density at radius 1 is 0.323 bits per heavy atom. The van der Waals surface area contributed by atoms with Gasteiger partial charge in [0.05, 0.1) is 148 Å². The molecule has 0 saturated heterocycles. The summed E-state index contributed by atoms with van der Waals surface area (Å²) >= 11 is 0. The standard InChI is InChI=1S/3C27H37N6O4.C6H8O7/c3*1-10-25-32(28-17-19-13-21(34-6)26(30(2)3)22(14-19)35-7)11-12-33(25)29-18-20-15-23(36-8)27(31(4)5)24(16-20)37-9;7-3(8)1-6(13,5(11)12)2-4(9)10/h3*11-18H,10H2,1-9H3;13H,1-2H2,(H,7,8)(H,9,10)(H,11,12)/q3*+1;/p-3/b3*28-17+,29-18+;. The van der Waals surface area contributed by atoms with Crippen LogP contribution in [-0.2, 0) is 33.6 Å². The first-order valence-corrected chi connectivity index (χ1v) is 38.7. The number of carboxylic acid groups (broad SMARTS) is 3. The zero-order valence-corrected chi connectivity index (χ0v) is 75.7. The molecule has 9 aromatic rings. The molecule has 0 spiro atoms. The molecule has 0 aliphatic rings. The molecular formula is C87H116N18O19. The zero-order chi connectivity index (χ0) is 92.0. The topological polar surface area (TPSA) is 371 Å². The van der Waals surface area contributed by atoms with Gasteiger partial charge in [0.25, 0.3) is 0 Å². The van der Waals surface area contributed by atoms with Crippen LogP contribution >= 0.6 is 0 Å². The molecule has 0 aliphatic carbocycles. The fourth-order valence-corrected chi connectivity index (χ4v) is 12.8. The van der Waals surface area contributed by atoms with E-state index in [0.29, 0.717) is 69.0 Å². The number of hydrogen-bond donors (Lipinski definition) is 1. The van der Waals surface area contributed by atoms with Crippen molar-refractivity contribution >= 4 is 89.3 Å². The van der Waals surface area contributed by atoms with Crippen LogP contribution in [0.5, 0.6) is 69.0 Å². The maximum Gasteiger partial charge on any atom is 0.307 e. The number of aliphatic hydroxyl groups is 1. The quantitative estimate of drug-likeness (QED) is 0.0409. The summed E-state index contributed by atoms with van der Waals surface area (Å²) in [5.41, 5.74) is 7.37. The summed E-state index contributed by atoms with van der Waals surface area (Å²) in [5, 5.41) is 66.9. The van der Waals surface area contributed by atoms with E-state index in [2.05, 4.69) is 51.4 Å². The average molecular weight is 1720 g/mol. The van der Waals surface area contributed by atoms with Crippen molar-refractivity contribution in [2.24, 2.45) is 30.6 Å². The number of imidazole rings is 3. The summed E-state index contributed by atoms with van der Waals surface area (Å²) in [6, 6.07) is 23.2. The molecule has 3 aromatic heterocycles. The van der Waals surface area contributed by atoms with Crippen LogP contribution in [0, 0.1) is 0 Å². The maximum atomic E-state index is 10.1.